The first-order valence-corrected chi connectivity index (χ1v) is 7.57. The summed E-state index contributed by atoms with van der Waals surface area (Å²) in [5.74, 6) is -1.02. The molecule has 0 bridgehead atoms. The number of rotatable bonds is 5. The van der Waals surface area contributed by atoms with Crippen molar-refractivity contribution in [3.05, 3.63) is 35.4 Å². The van der Waals surface area contributed by atoms with E-state index >= 15 is 0 Å². The fourth-order valence-electron chi connectivity index (χ4n) is 3.12. The van der Waals surface area contributed by atoms with Crippen LogP contribution in [0, 0.1) is 12.8 Å². The molecule has 1 saturated carbocycles. The number of hydrogen-bond donors (Lipinski definition) is 2. The molecule has 0 saturated heterocycles. The third-order valence-electron chi connectivity index (χ3n) is 4.40. The Balaban J connectivity index is 1.86. The molecule has 4 heteroatoms. The minimum atomic E-state index is -0.745. The smallest absolute Gasteiger partial charge is 0.306 e. The number of benzene rings is 1. The molecular formula is C17H25NO3. The van der Waals surface area contributed by atoms with Crippen LogP contribution in [0.2, 0.25) is 0 Å². The van der Waals surface area contributed by atoms with E-state index in [0.29, 0.717) is 32.2 Å². The maximum Gasteiger partial charge on any atom is 0.306 e. The normalized spacial score (nSPS) is 26.0. The number of carboxylic acid groups (broad SMARTS) is 1. The standard InChI is InChI=1S/C17H25NO3/c1-13-3-5-14(6-4-13)11-18(2)12-17(21)9-7-15(8-10-17)16(19)20/h3-6,15,21H,7-12H2,1-2H3,(H,19,20). The van der Waals surface area contributed by atoms with E-state index in [9.17, 15) is 9.90 Å². The average molecular weight is 291 g/mol. The summed E-state index contributed by atoms with van der Waals surface area (Å²) in [6, 6.07) is 8.40. The molecule has 2 rings (SSSR count). The lowest BCUT2D eigenvalue weighted by atomic mass is 9.78. The van der Waals surface area contributed by atoms with Crippen molar-refractivity contribution in [2.24, 2.45) is 5.92 Å². The zero-order chi connectivity index (χ0) is 15.5. The van der Waals surface area contributed by atoms with Gasteiger partial charge in [0.15, 0.2) is 0 Å². The van der Waals surface area contributed by atoms with Crippen molar-refractivity contribution in [3.8, 4) is 0 Å². The van der Waals surface area contributed by atoms with E-state index in [4.69, 9.17) is 5.11 Å². The van der Waals surface area contributed by atoms with Gasteiger partial charge < -0.3 is 10.2 Å². The number of carboxylic acids is 1. The van der Waals surface area contributed by atoms with Crippen molar-refractivity contribution in [3.63, 3.8) is 0 Å². The molecule has 1 fully saturated rings. The van der Waals surface area contributed by atoms with Gasteiger partial charge in [0.25, 0.3) is 0 Å². The molecule has 116 valence electrons. The lowest BCUT2D eigenvalue weighted by Crippen LogP contribution is -2.44. The Hall–Kier alpha value is -1.39. The van der Waals surface area contributed by atoms with Gasteiger partial charge in [-0.2, -0.15) is 0 Å². The maximum atomic E-state index is 11.0. The summed E-state index contributed by atoms with van der Waals surface area (Å²) in [5, 5.41) is 19.6. The van der Waals surface area contributed by atoms with Gasteiger partial charge in [0.2, 0.25) is 0 Å². The molecule has 0 amide bonds. The lowest BCUT2D eigenvalue weighted by Gasteiger charge is -2.37. The van der Waals surface area contributed by atoms with Crippen LogP contribution in [0.5, 0.6) is 0 Å². The quantitative estimate of drug-likeness (QED) is 0.874. The summed E-state index contributed by atoms with van der Waals surface area (Å²) in [6.07, 6.45) is 2.29. The van der Waals surface area contributed by atoms with E-state index in [1.807, 2.05) is 7.05 Å². The molecule has 21 heavy (non-hydrogen) atoms. The first-order valence-electron chi connectivity index (χ1n) is 7.57. The maximum absolute atomic E-state index is 11.0. The zero-order valence-electron chi connectivity index (χ0n) is 12.9. The monoisotopic (exact) mass is 291 g/mol. The zero-order valence-corrected chi connectivity index (χ0v) is 12.9. The van der Waals surface area contributed by atoms with E-state index in [1.54, 1.807) is 0 Å². The fourth-order valence-corrected chi connectivity index (χ4v) is 3.12. The predicted molar refractivity (Wildman–Crippen MR) is 82.1 cm³/mol. The fraction of sp³-hybridized carbons (Fsp3) is 0.588. The number of aliphatic carboxylic acids is 1. The van der Waals surface area contributed by atoms with Crippen molar-refractivity contribution in [1.82, 2.24) is 4.90 Å². The van der Waals surface area contributed by atoms with Crippen molar-refractivity contribution in [2.75, 3.05) is 13.6 Å². The first-order chi connectivity index (χ1) is 9.88. The van der Waals surface area contributed by atoms with E-state index in [0.717, 1.165) is 6.54 Å². The Labute approximate surface area is 126 Å². The summed E-state index contributed by atoms with van der Waals surface area (Å²) in [5.41, 5.74) is 1.73. The second kappa shape index (κ2) is 6.58. The molecule has 0 radical (unpaired) electrons. The van der Waals surface area contributed by atoms with E-state index in [-0.39, 0.29) is 5.92 Å². The van der Waals surface area contributed by atoms with Gasteiger partial charge >= 0.3 is 5.97 Å². The van der Waals surface area contributed by atoms with E-state index in [1.165, 1.54) is 11.1 Å². The van der Waals surface area contributed by atoms with E-state index < -0.39 is 11.6 Å². The Morgan fingerprint density at radius 1 is 1.29 bits per heavy atom. The molecule has 1 aromatic carbocycles. The molecule has 0 aromatic heterocycles. The Kier molecular flexibility index (Phi) is 5.01. The van der Waals surface area contributed by atoms with Crippen molar-refractivity contribution in [1.29, 1.82) is 0 Å². The average Bonchev–Trinajstić information content (AvgIpc) is 2.41. The molecule has 1 aromatic rings. The third kappa shape index (κ3) is 4.55. The second-order valence-corrected chi connectivity index (χ2v) is 6.49. The van der Waals surface area contributed by atoms with Gasteiger partial charge in [-0.05, 0) is 45.2 Å². The minimum absolute atomic E-state index is 0.285. The summed E-state index contributed by atoms with van der Waals surface area (Å²) < 4.78 is 0. The second-order valence-electron chi connectivity index (χ2n) is 6.49. The van der Waals surface area contributed by atoms with Crippen molar-refractivity contribution >= 4 is 5.97 Å². The van der Waals surface area contributed by atoms with Crippen LogP contribution in [0.25, 0.3) is 0 Å². The van der Waals surface area contributed by atoms with Gasteiger partial charge in [0, 0.05) is 13.1 Å². The van der Waals surface area contributed by atoms with Gasteiger partial charge in [-0.15, -0.1) is 0 Å². The van der Waals surface area contributed by atoms with Gasteiger partial charge in [0.1, 0.15) is 0 Å². The minimum Gasteiger partial charge on any atom is -0.481 e. The molecule has 4 nitrogen and oxygen atoms in total. The Morgan fingerprint density at radius 2 is 1.86 bits per heavy atom. The number of likely N-dealkylation sites (N-methyl/N-ethyl adjacent to an activating group) is 1. The molecule has 0 spiro atoms. The summed E-state index contributed by atoms with van der Waals surface area (Å²) in [7, 11) is 2.00. The Morgan fingerprint density at radius 3 is 2.38 bits per heavy atom. The largest absolute Gasteiger partial charge is 0.481 e. The highest BCUT2D eigenvalue weighted by Gasteiger charge is 2.36. The third-order valence-corrected chi connectivity index (χ3v) is 4.40. The SMILES string of the molecule is Cc1ccc(CN(C)CC2(O)CCC(C(=O)O)CC2)cc1. The lowest BCUT2D eigenvalue weighted by molar-refractivity contribution is -0.145. The highest BCUT2D eigenvalue weighted by atomic mass is 16.4. The topological polar surface area (TPSA) is 60.8 Å². The number of aliphatic hydroxyl groups is 1. The highest BCUT2D eigenvalue weighted by molar-refractivity contribution is 5.70. The van der Waals surface area contributed by atoms with Gasteiger partial charge in [0.05, 0.1) is 11.5 Å². The number of hydrogen-bond acceptors (Lipinski definition) is 3. The number of nitrogens with zero attached hydrogens (tertiary/aromatic N) is 1. The molecule has 0 heterocycles. The highest BCUT2D eigenvalue weighted by Crippen LogP contribution is 2.32. The molecule has 1 aliphatic carbocycles. The van der Waals surface area contributed by atoms with E-state index in [2.05, 4.69) is 36.1 Å². The summed E-state index contributed by atoms with van der Waals surface area (Å²) in [4.78, 5) is 13.1. The van der Waals surface area contributed by atoms with Gasteiger partial charge in [-0.3, -0.25) is 9.69 Å². The van der Waals surface area contributed by atoms with Crippen LogP contribution in [0.1, 0.15) is 36.8 Å². The Bertz CT molecular complexity index is 475. The van der Waals surface area contributed by atoms with Crippen LogP contribution >= 0.6 is 0 Å². The van der Waals surface area contributed by atoms with Crippen molar-refractivity contribution in [2.45, 2.75) is 44.8 Å². The molecule has 2 N–H and O–H groups in total. The van der Waals surface area contributed by atoms with Gasteiger partial charge in [-0.25, -0.2) is 0 Å². The first kappa shape index (κ1) is 16.0. The van der Waals surface area contributed by atoms with Crippen LogP contribution in [0.15, 0.2) is 24.3 Å². The molecule has 0 unspecified atom stereocenters. The molecule has 1 aliphatic rings. The predicted octanol–water partition coefficient (Wildman–Crippen LogP) is 2.43. The molecule has 0 atom stereocenters. The van der Waals surface area contributed by atoms with Gasteiger partial charge in [-0.1, -0.05) is 29.8 Å². The van der Waals surface area contributed by atoms with Crippen molar-refractivity contribution < 1.29 is 15.0 Å². The van der Waals surface area contributed by atoms with Crippen LogP contribution in [-0.2, 0) is 11.3 Å². The number of carbonyl (C=O) groups is 1. The van der Waals surface area contributed by atoms with Crippen LogP contribution in [0.3, 0.4) is 0 Å². The van der Waals surface area contributed by atoms with Crippen LogP contribution < -0.4 is 0 Å². The van der Waals surface area contributed by atoms with Crippen LogP contribution in [0.4, 0.5) is 0 Å². The summed E-state index contributed by atoms with van der Waals surface area (Å²) in [6.45, 7) is 3.45. The van der Waals surface area contributed by atoms with Crippen LogP contribution in [-0.4, -0.2) is 40.3 Å². The molecule has 0 aliphatic heterocycles. The number of aryl methyl sites for hydroxylation is 1. The summed E-state index contributed by atoms with van der Waals surface area (Å²) >= 11 is 0. The molecular weight excluding hydrogens is 266 g/mol.